The second kappa shape index (κ2) is 5.09. The van der Waals surface area contributed by atoms with Gasteiger partial charge in [-0.2, -0.15) is 5.10 Å². The second-order valence-electron chi connectivity index (χ2n) is 4.14. The standard InChI is InChI=1S/C11H17N5O/c1-9-6-11(15(2)13-9)8-16-7-10(12-14-16)4-3-5-17/h6-7,17H,3-5,8H2,1-2H3. The summed E-state index contributed by atoms with van der Waals surface area (Å²) in [6.07, 6.45) is 3.41. The second-order valence-corrected chi connectivity index (χ2v) is 4.14. The van der Waals surface area contributed by atoms with Crippen molar-refractivity contribution in [2.45, 2.75) is 26.3 Å². The van der Waals surface area contributed by atoms with E-state index in [0.717, 1.165) is 29.9 Å². The highest BCUT2D eigenvalue weighted by Gasteiger charge is 2.05. The monoisotopic (exact) mass is 235 g/mol. The van der Waals surface area contributed by atoms with E-state index in [-0.39, 0.29) is 6.61 Å². The minimum atomic E-state index is 0.188. The molecule has 0 aliphatic heterocycles. The Balaban J connectivity index is 2.03. The van der Waals surface area contributed by atoms with Crippen LogP contribution in [0.25, 0.3) is 0 Å². The van der Waals surface area contributed by atoms with Crippen molar-refractivity contribution in [2.24, 2.45) is 7.05 Å². The SMILES string of the molecule is Cc1cc(Cn2cc(CCCO)nn2)n(C)n1. The summed E-state index contributed by atoms with van der Waals surface area (Å²) in [5, 5.41) is 21.1. The van der Waals surface area contributed by atoms with Gasteiger partial charge < -0.3 is 5.11 Å². The molecular weight excluding hydrogens is 218 g/mol. The largest absolute Gasteiger partial charge is 0.396 e. The van der Waals surface area contributed by atoms with Crippen LogP contribution in [0.5, 0.6) is 0 Å². The van der Waals surface area contributed by atoms with Crippen LogP contribution in [-0.4, -0.2) is 36.5 Å². The molecule has 0 aromatic carbocycles. The van der Waals surface area contributed by atoms with Crippen LogP contribution in [0.1, 0.15) is 23.5 Å². The fourth-order valence-corrected chi connectivity index (χ4v) is 1.77. The zero-order chi connectivity index (χ0) is 12.3. The number of hydrogen-bond donors (Lipinski definition) is 1. The highest BCUT2D eigenvalue weighted by Crippen LogP contribution is 2.05. The predicted octanol–water partition coefficient (Wildman–Crippen LogP) is 0.293. The summed E-state index contributed by atoms with van der Waals surface area (Å²) < 4.78 is 3.65. The molecule has 2 aromatic rings. The number of aryl methyl sites for hydroxylation is 3. The lowest BCUT2D eigenvalue weighted by Crippen LogP contribution is -2.06. The first-order valence-corrected chi connectivity index (χ1v) is 5.68. The third-order valence-electron chi connectivity index (χ3n) is 2.60. The minimum Gasteiger partial charge on any atom is -0.396 e. The van der Waals surface area contributed by atoms with Crippen molar-refractivity contribution >= 4 is 0 Å². The van der Waals surface area contributed by atoms with Gasteiger partial charge in [-0.15, -0.1) is 5.10 Å². The van der Waals surface area contributed by atoms with Crippen molar-refractivity contribution in [3.63, 3.8) is 0 Å². The normalized spacial score (nSPS) is 11.0. The molecule has 2 rings (SSSR count). The zero-order valence-corrected chi connectivity index (χ0v) is 10.2. The van der Waals surface area contributed by atoms with Gasteiger partial charge >= 0.3 is 0 Å². The molecule has 92 valence electrons. The average molecular weight is 235 g/mol. The van der Waals surface area contributed by atoms with Crippen LogP contribution in [0.15, 0.2) is 12.3 Å². The van der Waals surface area contributed by atoms with Crippen LogP contribution < -0.4 is 0 Å². The van der Waals surface area contributed by atoms with Crippen molar-refractivity contribution in [3.05, 3.63) is 29.3 Å². The number of aliphatic hydroxyl groups excluding tert-OH is 1. The topological polar surface area (TPSA) is 68.8 Å². The molecule has 0 saturated heterocycles. The Labute approximate surface area is 99.9 Å². The molecule has 17 heavy (non-hydrogen) atoms. The van der Waals surface area contributed by atoms with Gasteiger partial charge in [-0.05, 0) is 25.8 Å². The molecule has 1 N–H and O–H groups in total. The molecule has 0 saturated carbocycles. The predicted molar refractivity (Wildman–Crippen MR) is 62.5 cm³/mol. The molecule has 0 aliphatic carbocycles. The van der Waals surface area contributed by atoms with Gasteiger partial charge in [-0.3, -0.25) is 4.68 Å². The summed E-state index contributed by atoms with van der Waals surface area (Å²) >= 11 is 0. The lowest BCUT2D eigenvalue weighted by Gasteiger charge is -2.00. The number of aromatic nitrogens is 5. The Hall–Kier alpha value is -1.69. The van der Waals surface area contributed by atoms with Gasteiger partial charge in [-0.25, -0.2) is 4.68 Å². The van der Waals surface area contributed by atoms with Gasteiger partial charge in [0.1, 0.15) is 0 Å². The Morgan fingerprint density at radius 3 is 2.88 bits per heavy atom. The summed E-state index contributed by atoms with van der Waals surface area (Å²) in [6.45, 7) is 2.83. The van der Waals surface area contributed by atoms with Crippen molar-refractivity contribution in [3.8, 4) is 0 Å². The molecule has 2 aromatic heterocycles. The number of hydrogen-bond acceptors (Lipinski definition) is 4. The van der Waals surface area contributed by atoms with Crippen molar-refractivity contribution in [1.82, 2.24) is 24.8 Å². The number of nitrogens with zero attached hydrogens (tertiary/aromatic N) is 5. The van der Waals surface area contributed by atoms with Crippen molar-refractivity contribution in [1.29, 1.82) is 0 Å². The summed E-state index contributed by atoms with van der Waals surface area (Å²) in [5.41, 5.74) is 3.02. The van der Waals surface area contributed by atoms with Gasteiger partial charge in [0.15, 0.2) is 0 Å². The van der Waals surface area contributed by atoms with Crippen molar-refractivity contribution in [2.75, 3.05) is 6.61 Å². The first-order chi connectivity index (χ1) is 8.19. The summed E-state index contributed by atoms with van der Waals surface area (Å²) in [6, 6.07) is 2.04. The molecule has 0 atom stereocenters. The maximum atomic E-state index is 8.74. The van der Waals surface area contributed by atoms with E-state index in [0.29, 0.717) is 6.54 Å². The first kappa shape index (κ1) is 11.8. The van der Waals surface area contributed by atoms with Crippen LogP contribution in [0.3, 0.4) is 0 Å². The Morgan fingerprint density at radius 2 is 2.24 bits per heavy atom. The maximum Gasteiger partial charge on any atom is 0.0846 e. The van der Waals surface area contributed by atoms with Crippen LogP contribution in [-0.2, 0) is 20.0 Å². The van der Waals surface area contributed by atoms with Crippen LogP contribution in [0.4, 0.5) is 0 Å². The molecule has 0 radical (unpaired) electrons. The molecule has 0 bridgehead atoms. The summed E-state index contributed by atoms with van der Waals surface area (Å²) in [4.78, 5) is 0. The van der Waals surface area contributed by atoms with Crippen LogP contribution >= 0.6 is 0 Å². The van der Waals surface area contributed by atoms with Crippen LogP contribution in [0, 0.1) is 6.92 Å². The van der Waals surface area contributed by atoms with E-state index in [1.165, 1.54) is 0 Å². The smallest absolute Gasteiger partial charge is 0.0846 e. The van der Waals surface area contributed by atoms with Crippen molar-refractivity contribution < 1.29 is 5.11 Å². The molecule has 2 heterocycles. The lowest BCUT2D eigenvalue weighted by molar-refractivity contribution is 0.288. The summed E-state index contributed by atoms with van der Waals surface area (Å²) in [7, 11) is 1.92. The third kappa shape index (κ3) is 2.91. The van der Waals surface area contributed by atoms with E-state index < -0.39 is 0 Å². The highest BCUT2D eigenvalue weighted by atomic mass is 16.2. The Kier molecular flexibility index (Phi) is 3.53. The van der Waals surface area contributed by atoms with Gasteiger partial charge in [0, 0.05) is 19.9 Å². The maximum absolute atomic E-state index is 8.74. The molecule has 6 nitrogen and oxygen atoms in total. The number of aliphatic hydroxyl groups is 1. The highest BCUT2D eigenvalue weighted by molar-refractivity contribution is 5.09. The van der Waals surface area contributed by atoms with E-state index in [1.54, 1.807) is 4.68 Å². The quantitative estimate of drug-likeness (QED) is 0.809. The average Bonchev–Trinajstić information content (AvgIpc) is 2.84. The van der Waals surface area contributed by atoms with E-state index >= 15 is 0 Å². The Bertz CT molecular complexity index is 488. The fraction of sp³-hybridized carbons (Fsp3) is 0.545. The van der Waals surface area contributed by atoms with E-state index in [9.17, 15) is 0 Å². The first-order valence-electron chi connectivity index (χ1n) is 5.68. The minimum absolute atomic E-state index is 0.188. The van der Waals surface area contributed by atoms with Crippen LogP contribution in [0.2, 0.25) is 0 Å². The molecule has 0 fully saturated rings. The number of rotatable bonds is 5. The lowest BCUT2D eigenvalue weighted by atomic mass is 10.2. The fourth-order valence-electron chi connectivity index (χ4n) is 1.77. The van der Waals surface area contributed by atoms with Gasteiger partial charge in [0.2, 0.25) is 0 Å². The zero-order valence-electron chi connectivity index (χ0n) is 10.2. The molecule has 0 amide bonds. The molecule has 6 heteroatoms. The van der Waals surface area contributed by atoms with Gasteiger partial charge in [0.05, 0.1) is 23.6 Å². The van der Waals surface area contributed by atoms with E-state index in [1.807, 2.05) is 30.9 Å². The van der Waals surface area contributed by atoms with E-state index in [2.05, 4.69) is 15.4 Å². The summed E-state index contributed by atoms with van der Waals surface area (Å²) in [5.74, 6) is 0. The molecule has 0 aliphatic rings. The molecule has 0 unspecified atom stereocenters. The van der Waals surface area contributed by atoms with Gasteiger partial charge in [0.25, 0.3) is 0 Å². The third-order valence-corrected chi connectivity index (χ3v) is 2.60. The Morgan fingerprint density at radius 1 is 1.41 bits per heavy atom. The van der Waals surface area contributed by atoms with E-state index in [4.69, 9.17) is 5.11 Å². The molecular formula is C11H17N5O. The molecule has 0 spiro atoms. The van der Waals surface area contributed by atoms with Gasteiger partial charge in [-0.1, -0.05) is 5.21 Å².